The molecule has 0 atom stereocenters. The summed E-state index contributed by atoms with van der Waals surface area (Å²) < 4.78 is 0. The normalized spacial score (nSPS) is 26.7. The van der Waals surface area contributed by atoms with E-state index in [9.17, 15) is 0 Å². The molecule has 0 amide bonds. The maximum Gasteiger partial charge on any atom is 0.0502 e. The summed E-state index contributed by atoms with van der Waals surface area (Å²) in [5, 5.41) is 2.55. The SMILES string of the molecule is CC1(C)CCC(C)(C)c2c(N(c3ccc(-c4ccc5c(c4)C4(c6ccccc6S5)C5CC6CC(C5)CC4C6)cc3)c3ccc4ccccc4c3)cccc21. The van der Waals surface area contributed by atoms with Gasteiger partial charge in [0.05, 0.1) is 5.69 Å². The predicted molar refractivity (Wildman–Crippen MR) is 228 cm³/mol. The topological polar surface area (TPSA) is 3.24 Å². The summed E-state index contributed by atoms with van der Waals surface area (Å²) in [5.74, 6) is 3.40. The van der Waals surface area contributed by atoms with Gasteiger partial charge in [0, 0.05) is 26.6 Å². The fourth-order valence-electron chi connectivity index (χ4n) is 12.5. The van der Waals surface area contributed by atoms with Crippen molar-refractivity contribution in [1.29, 1.82) is 0 Å². The highest BCUT2D eigenvalue weighted by atomic mass is 32.2. The minimum absolute atomic E-state index is 0.0735. The van der Waals surface area contributed by atoms with E-state index in [4.69, 9.17) is 0 Å². The molecule has 1 spiro atoms. The van der Waals surface area contributed by atoms with Crippen LogP contribution in [0.1, 0.15) is 94.9 Å². The van der Waals surface area contributed by atoms with Crippen LogP contribution in [0.2, 0.25) is 0 Å². The van der Waals surface area contributed by atoms with Gasteiger partial charge in [0.2, 0.25) is 0 Å². The van der Waals surface area contributed by atoms with Crippen molar-refractivity contribution in [3.63, 3.8) is 0 Å². The molecule has 0 saturated heterocycles. The molecule has 6 aliphatic rings. The smallest absolute Gasteiger partial charge is 0.0502 e. The van der Waals surface area contributed by atoms with Crippen molar-refractivity contribution < 1.29 is 0 Å². The third kappa shape index (κ3) is 4.84. The molecule has 1 heterocycles. The summed E-state index contributed by atoms with van der Waals surface area (Å²) in [5.41, 5.74) is 13.0. The van der Waals surface area contributed by atoms with Crippen molar-refractivity contribution in [3.05, 3.63) is 150 Å². The summed E-state index contributed by atoms with van der Waals surface area (Å²) in [6.07, 6.45) is 9.50. The largest absolute Gasteiger partial charge is 0.310 e. The van der Waals surface area contributed by atoms with Gasteiger partial charge in [-0.15, -0.1) is 0 Å². The molecule has 0 radical (unpaired) electrons. The highest BCUT2D eigenvalue weighted by Crippen LogP contribution is 2.69. The van der Waals surface area contributed by atoms with Gasteiger partial charge < -0.3 is 4.90 Å². The molecule has 0 unspecified atom stereocenters. The van der Waals surface area contributed by atoms with Crippen molar-refractivity contribution >= 4 is 39.6 Å². The van der Waals surface area contributed by atoms with Gasteiger partial charge in [0.25, 0.3) is 0 Å². The van der Waals surface area contributed by atoms with Crippen LogP contribution in [0.15, 0.2) is 137 Å². The van der Waals surface area contributed by atoms with Crippen LogP contribution >= 0.6 is 11.8 Å². The lowest BCUT2D eigenvalue weighted by molar-refractivity contribution is -0.0443. The Hall–Kier alpha value is -4.27. The second kappa shape index (κ2) is 11.9. The minimum Gasteiger partial charge on any atom is -0.310 e. The van der Waals surface area contributed by atoms with E-state index in [0.29, 0.717) is 0 Å². The van der Waals surface area contributed by atoms with Gasteiger partial charge in [-0.1, -0.05) is 118 Å². The van der Waals surface area contributed by atoms with Gasteiger partial charge in [-0.25, -0.2) is 0 Å². The fraction of sp³-hybridized carbons (Fsp3) is 0.346. The van der Waals surface area contributed by atoms with Gasteiger partial charge in [-0.2, -0.15) is 0 Å². The summed E-state index contributed by atoms with van der Waals surface area (Å²) in [6.45, 7) is 9.77. The number of hydrogen-bond acceptors (Lipinski definition) is 2. The van der Waals surface area contributed by atoms with Crippen LogP contribution < -0.4 is 4.90 Å². The van der Waals surface area contributed by atoms with E-state index < -0.39 is 0 Å². The molecule has 4 saturated carbocycles. The Morgan fingerprint density at radius 2 is 1.13 bits per heavy atom. The first-order valence-electron chi connectivity index (χ1n) is 20.6. The van der Waals surface area contributed by atoms with Crippen molar-refractivity contribution in [3.8, 4) is 11.1 Å². The zero-order chi connectivity index (χ0) is 36.4. The molecule has 12 rings (SSSR count). The Morgan fingerprint density at radius 3 is 1.91 bits per heavy atom. The molecule has 6 aromatic rings. The standard InChI is InChI=1S/C52H51NS/c1-50(2)24-25-51(3,4)49-44(50)13-9-14-46(49)53(42-22-18-35-10-5-6-11-37(35)31-42)41-20-16-36(17-21-41)38-19-23-48-45(32-38)52(43-12-7-8-15-47(43)54-48)39-27-33-26-34(29-39)30-40(52)28-33/h5-23,31-34,39-40H,24-30H2,1-4H3. The van der Waals surface area contributed by atoms with Crippen molar-refractivity contribution in [2.24, 2.45) is 23.7 Å². The highest BCUT2D eigenvalue weighted by molar-refractivity contribution is 7.99. The molecular formula is C52H51NS. The van der Waals surface area contributed by atoms with Crippen LogP contribution in [0.5, 0.6) is 0 Å². The van der Waals surface area contributed by atoms with Gasteiger partial charge in [0.15, 0.2) is 0 Å². The molecule has 54 heavy (non-hydrogen) atoms. The molecule has 1 nitrogen and oxygen atoms in total. The third-order valence-electron chi connectivity index (χ3n) is 14.9. The van der Waals surface area contributed by atoms with Crippen LogP contribution in [0.3, 0.4) is 0 Å². The van der Waals surface area contributed by atoms with Gasteiger partial charge >= 0.3 is 0 Å². The molecule has 4 fully saturated rings. The number of rotatable bonds is 4. The third-order valence-corrected chi connectivity index (χ3v) is 16.1. The first-order chi connectivity index (χ1) is 26.2. The quantitative estimate of drug-likeness (QED) is 0.178. The number of nitrogens with zero attached hydrogens (tertiary/aromatic N) is 1. The van der Waals surface area contributed by atoms with E-state index >= 15 is 0 Å². The van der Waals surface area contributed by atoms with E-state index in [-0.39, 0.29) is 16.2 Å². The molecule has 1 aliphatic heterocycles. The minimum atomic E-state index is 0.0735. The number of hydrogen-bond donors (Lipinski definition) is 0. The van der Waals surface area contributed by atoms with Crippen LogP contribution in [-0.2, 0) is 16.2 Å². The predicted octanol–water partition coefficient (Wildman–Crippen LogP) is 14.5. The second-order valence-electron chi connectivity index (χ2n) is 18.9. The number of anilines is 3. The molecule has 2 heteroatoms. The first kappa shape index (κ1) is 33.1. The Labute approximate surface area is 326 Å². The molecule has 5 aliphatic carbocycles. The summed E-state index contributed by atoms with van der Waals surface area (Å²) in [6, 6.07) is 49.3. The monoisotopic (exact) mass is 721 g/mol. The van der Waals surface area contributed by atoms with Crippen LogP contribution in [-0.4, -0.2) is 0 Å². The Bertz CT molecular complexity index is 2420. The first-order valence-corrected chi connectivity index (χ1v) is 21.5. The number of fused-ring (bicyclic) bond motifs is 4. The van der Waals surface area contributed by atoms with E-state index in [1.54, 1.807) is 11.1 Å². The lowest BCUT2D eigenvalue weighted by Gasteiger charge is -2.63. The van der Waals surface area contributed by atoms with Crippen molar-refractivity contribution in [2.45, 2.75) is 98.7 Å². The molecular weight excluding hydrogens is 671 g/mol. The molecule has 4 bridgehead atoms. The number of benzene rings is 6. The second-order valence-corrected chi connectivity index (χ2v) is 19.9. The fourth-order valence-corrected chi connectivity index (χ4v) is 13.7. The van der Waals surface area contributed by atoms with Crippen molar-refractivity contribution in [2.75, 3.05) is 4.90 Å². The maximum absolute atomic E-state index is 2.63. The lowest BCUT2D eigenvalue weighted by Crippen LogP contribution is -2.57. The van der Waals surface area contributed by atoms with E-state index in [0.717, 1.165) is 23.7 Å². The Balaban J connectivity index is 1.04. The zero-order valence-corrected chi connectivity index (χ0v) is 33.1. The van der Waals surface area contributed by atoms with Crippen LogP contribution in [0.25, 0.3) is 21.9 Å². The highest BCUT2D eigenvalue weighted by Gasteiger charge is 2.60. The maximum atomic E-state index is 2.63. The van der Waals surface area contributed by atoms with E-state index in [1.165, 1.54) is 105 Å². The summed E-state index contributed by atoms with van der Waals surface area (Å²) in [4.78, 5) is 5.53. The van der Waals surface area contributed by atoms with Crippen molar-refractivity contribution in [1.82, 2.24) is 0 Å². The Morgan fingerprint density at radius 1 is 0.500 bits per heavy atom. The van der Waals surface area contributed by atoms with E-state index in [1.807, 2.05) is 11.8 Å². The van der Waals surface area contributed by atoms with Crippen LogP contribution in [0, 0.1) is 23.7 Å². The zero-order valence-electron chi connectivity index (χ0n) is 32.2. The molecule has 0 aromatic heterocycles. The van der Waals surface area contributed by atoms with Gasteiger partial charge in [0.1, 0.15) is 0 Å². The molecule has 6 aromatic carbocycles. The Kier molecular flexibility index (Phi) is 7.27. The van der Waals surface area contributed by atoms with Crippen LogP contribution in [0.4, 0.5) is 17.1 Å². The lowest BCUT2D eigenvalue weighted by atomic mass is 9.42. The molecule has 0 N–H and O–H groups in total. The molecule has 270 valence electrons. The van der Waals surface area contributed by atoms with E-state index in [2.05, 4.69) is 160 Å². The average Bonchev–Trinajstić information content (AvgIpc) is 3.18. The summed E-state index contributed by atoms with van der Waals surface area (Å²) >= 11 is 2.01. The average molecular weight is 722 g/mol. The summed E-state index contributed by atoms with van der Waals surface area (Å²) in [7, 11) is 0. The van der Waals surface area contributed by atoms with Gasteiger partial charge in [-0.3, -0.25) is 0 Å². The van der Waals surface area contributed by atoms with Gasteiger partial charge in [-0.05, 0) is 172 Å².